The number of hydrogen-bond donors (Lipinski definition) is 2. The number of carbonyl (C=O) groups excluding carboxylic acids is 5. The van der Waals surface area contributed by atoms with E-state index < -0.39 is 28.7 Å². The summed E-state index contributed by atoms with van der Waals surface area (Å²) in [6, 6.07) is 7.14. The van der Waals surface area contributed by atoms with Crippen molar-refractivity contribution in [1.82, 2.24) is 24.3 Å². The fraction of sp³-hybridized carbons (Fsp3) is 0.535. The summed E-state index contributed by atoms with van der Waals surface area (Å²) < 4.78 is 27.4. The van der Waals surface area contributed by atoms with Gasteiger partial charge in [0.25, 0.3) is 11.8 Å². The molecule has 0 spiro atoms. The Kier molecular flexibility index (Phi) is 13.3. The van der Waals surface area contributed by atoms with E-state index in [2.05, 4.69) is 10.3 Å². The number of phenols is 1. The number of hydrogen-bond acceptors (Lipinski definition) is 9. The molecular weight excluding hydrogens is 832 g/mol. The van der Waals surface area contributed by atoms with E-state index in [1.165, 1.54) is 29.0 Å². The van der Waals surface area contributed by atoms with Crippen molar-refractivity contribution in [2.45, 2.75) is 65.6 Å². The fourth-order valence-corrected chi connectivity index (χ4v) is 8.76. The minimum atomic E-state index is -0.983. The Morgan fingerprint density at radius 1 is 0.902 bits per heavy atom. The summed E-state index contributed by atoms with van der Waals surface area (Å²) in [7, 11) is 1.57. The van der Waals surface area contributed by atoms with Gasteiger partial charge in [0.15, 0.2) is 23.9 Å². The van der Waals surface area contributed by atoms with Crippen LogP contribution >= 0.6 is 23.2 Å². The van der Waals surface area contributed by atoms with Crippen molar-refractivity contribution in [2.24, 2.45) is 18.9 Å². The number of anilines is 1. The largest absolute Gasteiger partial charge is 0.505 e. The quantitative estimate of drug-likeness (QED) is 0.188. The van der Waals surface area contributed by atoms with Gasteiger partial charge in [0.05, 0.1) is 47.1 Å². The van der Waals surface area contributed by atoms with Crippen molar-refractivity contribution in [3.05, 3.63) is 63.8 Å². The Hall–Kier alpha value is -4.93. The third-order valence-electron chi connectivity index (χ3n) is 11.3. The topological polar surface area (TPSA) is 164 Å². The van der Waals surface area contributed by atoms with Gasteiger partial charge in [-0.05, 0) is 71.9 Å². The molecule has 3 aliphatic rings. The van der Waals surface area contributed by atoms with Gasteiger partial charge in [0, 0.05) is 82.2 Å². The highest BCUT2D eigenvalue weighted by atomic mass is 35.5. The van der Waals surface area contributed by atoms with Crippen LogP contribution in [0, 0.1) is 17.7 Å². The number of piperazine rings is 1. The number of rotatable bonds is 9. The number of piperidine rings is 1. The number of likely N-dealkylation sites (tertiary alicyclic amines) is 2. The first-order valence-corrected chi connectivity index (χ1v) is 21.2. The molecule has 0 unspecified atom stereocenters. The van der Waals surface area contributed by atoms with Crippen LogP contribution in [0.25, 0.3) is 11.3 Å². The molecule has 3 aliphatic heterocycles. The highest BCUT2D eigenvalue weighted by molar-refractivity contribution is 6.34. The van der Waals surface area contributed by atoms with Crippen LogP contribution in [0.2, 0.25) is 10.0 Å². The van der Waals surface area contributed by atoms with Crippen molar-refractivity contribution >= 4 is 58.7 Å². The minimum Gasteiger partial charge on any atom is -0.505 e. The summed E-state index contributed by atoms with van der Waals surface area (Å²) in [6.45, 7) is 15.7. The minimum absolute atomic E-state index is 0.00229. The van der Waals surface area contributed by atoms with E-state index in [0.717, 1.165) is 6.07 Å². The average molecular weight is 888 g/mol. The van der Waals surface area contributed by atoms with E-state index in [9.17, 15) is 33.5 Å². The molecule has 0 atom stereocenters. The number of amides is 4. The molecule has 6 rings (SSSR count). The van der Waals surface area contributed by atoms with Crippen LogP contribution in [0.1, 0.15) is 75.4 Å². The molecule has 4 amide bonds. The maximum atomic E-state index is 14.2. The van der Waals surface area contributed by atoms with Gasteiger partial charge in [0.2, 0.25) is 5.91 Å². The van der Waals surface area contributed by atoms with Crippen LogP contribution in [-0.2, 0) is 26.1 Å². The van der Waals surface area contributed by atoms with Crippen LogP contribution in [0.15, 0.2) is 36.5 Å². The first-order chi connectivity index (χ1) is 28.5. The third kappa shape index (κ3) is 10.8. The van der Waals surface area contributed by atoms with Crippen molar-refractivity contribution in [3.8, 4) is 17.0 Å². The molecule has 15 nitrogen and oxygen atoms in total. The van der Waals surface area contributed by atoms with E-state index in [1.807, 2.05) is 46.4 Å². The van der Waals surface area contributed by atoms with E-state index in [-0.39, 0.29) is 69.3 Å². The number of nitrogens with one attached hydrogen (secondary N) is 1. The molecule has 4 heterocycles. The number of esters is 1. The van der Waals surface area contributed by atoms with Gasteiger partial charge >= 0.3 is 12.1 Å². The van der Waals surface area contributed by atoms with Crippen LogP contribution in [-0.4, -0.2) is 140 Å². The normalized spacial score (nSPS) is 19.9. The number of halogens is 3. The van der Waals surface area contributed by atoms with E-state index in [1.54, 1.807) is 22.9 Å². The second-order valence-electron chi connectivity index (χ2n) is 18.3. The number of imidazole rings is 1. The van der Waals surface area contributed by atoms with E-state index >= 15 is 0 Å². The Bertz CT molecular complexity index is 2180. The first-order valence-electron chi connectivity index (χ1n) is 20.5. The Morgan fingerprint density at radius 3 is 2.13 bits per heavy atom. The second-order valence-corrected chi connectivity index (χ2v) is 19.1. The standard InChI is InChI=1S/C43H54Cl2FN7O8/c1-42(2,3)60-34(55)25-53(24-26-22-52(23-26)41(59)61-43(4,5)6)18-12-27(13-19-53)39(57)50-14-16-51(17-15-50)40(58)29-9-8-28(20-31(29)44)48-38(56)37-47-21-32(49(37)7)30-10-11-33(54)36(46)35(30)45/h8-11,20-21,26-27H,12-19,22-25H2,1-7H3,(H-,48,54,56,58)/p+1. The SMILES string of the molecule is Cn1c(-c2ccc(O)c(F)c2Cl)cnc1C(=O)Nc1ccc(C(=O)N2CCN(C(=O)C3CC[N+](CC(=O)OC(C)(C)C)(CC4CN(C(=O)OC(C)(C)C)C4)CC3)CC2)c(Cl)c1. The molecule has 1 aromatic heterocycles. The smallest absolute Gasteiger partial charge is 0.410 e. The lowest BCUT2D eigenvalue weighted by atomic mass is 9.90. The summed E-state index contributed by atoms with van der Waals surface area (Å²) in [5.41, 5.74) is -0.0583. The number of phenolic OH excluding ortho intramolecular Hbond substituents is 1. The summed E-state index contributed by atoms with van der Waals surface area (Å²) >= 11 is 12.7. The van der Waals surface area contributed by atoms with Crippen LogP contribution in [0.3, 0.4) is 0 Å². The van der Waals surface area contributed by atoms with Gasteiger partial charge < -0.3 is 43.6 Å². The van der Waals surface area contributed by atoms with E-state index in [0.29, 0.717) is 87.6 Å². The lowest BCUT2D eigenvalue weighted by Crippen LogP contribution is -2.64. The molecule has 330 valence electrons. The zero-order valence-corrected chi connectivity index (χ0v) is 37.2. The van der Waals surface area contributed by atoms with Gasteiger partial charge in [-0.2, -0.15) is 0 Å². The van der Waals surface area contributed by atoms with Gasteiger partial charge in [-0.1, -0.05) is 23.2 Å². The maximum Gasteiger partial charge on any atom is 0.410 e. The summed E-state index contributed by atoms with van der Waals surface area (Å²) in [5.74, 6) is -2.73. The van der Waals surface area contributed by atoms with E-state index in [4.69, 9.17) is 32.7 Å². The molecule has 3 aromatic rings. The Labute approximate surface area is 365 Å². The predicted molar refractivity (Wildman–Crippen MR) is 227 cm³/mol. The Balaban J connectivity index is 1.01. The third-order valence-corrected chi connectivity index (χ3v) is 11.9. The molecule has 2 N–H and O–H groups in total. The van der Waals surface area contributed by atoms with Crippen molar-refractivity contribution in [2.75, 3.05) is 70.8 Å². The van der Waals surface area contributed by atoms with Gasteiger partial charge in [-0.15, -0.1) is 0 Å². The zero-order chi connectivity index (χ0) is 44.6. The maximum absolute atomic E-state index is 14.2. The van der Waals surface area contributed by atoms with Crippen LogP contribution < -0.4 is 5.32 Å². The van der Waals surface area contributed by atoms with Gasteiger partial charge in [0.1, 0.15) is 11.2 Å². The van der Waals surface area contributed by atoms with Crippen molar-refractivity contribution in [1.29, 1.82) is 0 Å². The second kappa shape index (κ2) is 17.8. The molecule has 3 fully saturated rings. The molecule has 2 aromatic carbocycles. The molecule has 3 saturated heterocycles. The van der Waals surface area contributed by atoms with Crippen LogP contribution in [0.5, 0.6) is 5.75 Å². The molecular formula is C43H55Cl2FN7O8+. The number of quaternary nitrogens is 1. The lowest BCUT2D eigenvalue weighted by Gasteiger charge is -2.49. The van der Waals surface area contributed by atoms with Crippen LogP contribution in [0.4, 0.5) is 14.9 Å². The zero-order valence-electron chi connectivity index (χ0n) is 35.7. The number of benzene rings is 2. The molecule has 0 radical (unpaired) electrons. The lowest BCUT2D eigenvalue weighted by molar-refractivity contribution is -0.930. The number of carbonyl (C=O) groups is 5. The average Bonchev–Trinajstić information content (AvgIpc) is 3.54. The van der Waals surface area contributed by atoms with Gasteiger partial charge in [-0.25, -0.2) is 19.0 Å². The predicted octanol–water partition coefficient (Wildman–Crippen LogP) is 6.21. The monoisotopic (exact) mass is 886 g/mol. The summed E-state index contributed by atoms with van der Waals surface area (Å²) in [6.07, 6.45) is 2.24. The van der Waals surface area contributed by atoms with Crippen molar-refractivity contribution in [3.63, 3.8) is 0 Å². The molecule has 0 saturated carbocycles. The molecule has 18 heteroatoms. The first kappa shape index (κ1) is 45.6. The highest BCUT2D eigenvalue weighted by Gasteiger charge is 2.45. The van der Waals surface area contributed by atoms with Gasteiger partial charge in [-0.3, -0.25) is 14.4 Å². The number of ether oxygens (including phenoxy) is 2. The highest BCUT2D eigenvalue weighted by Crippen LogP contribution is 2.35. The summed E-state index contributed by atoms with van der Waals surface area (Å²) in [4.78, 5) is 75.7. The summed E-state index contributed by atoms with van der Waals surface area (Å²) in [5, 5.41) is 12.2. The number of aromatic nitrogens is 2. The molecule has 0 bridgehead atoms. The molecule has 0 aliphatic carbocycles. The number of aromatic hydroxyl groups is 1. The Morgan fingerprint density at radius 2 is 1.52 bits per heavy atom. The molecule has 61 heavy (non-hydrogen) atoms. The fourth-order valence-electron chi connectivity index (χ4n) is 8.24. The van der Waals surface area contributed by atoms with Crippen molar-refractivity contribution < 1.29 is 47.4 Å². The number of nitrogens with zero attached hydrogens (tertiary/aromatic N) is 6.